The Bertz CT molecular complexity index is 1060. The molecule has 3 aromatic rings. The van der Waals surface area contributed by atoms with E-state index in [0.717, 1.165) is 23.4 Å². The van der Waals surface area contributed by atoms with Crippen molar-refractivity contribution < 1.29 is 22.4 Å². The molecule has 8 heteroatoms. The number of rotatable bonds is 3. The predicted molar refractivity (Wildman–Crippen MR) is 94.2 cm³/mol. The van der Waals surface area contributed by atoms with Crippen LogP contribution in [0, 0.1) is 5.82 Å². The SMILES string of the molecule is O=C1NCCn2c1ccc2-c1cncc(Cc2cc(F)cc(C(F)(F)F)c2)c1. The fourth-order valence-corrected chi connectivity index (χ4v) is 3.41. The number of halogens is 4. The molecular weight excluding hydrogens is 374 g/mol. The minimum Gasteiger partial charge on any atom is -0.349 e. The van der Waals surface area contributed by atoms with Gasteiger partial charge in [-0.3, -0.25) is 9.78 Å². The van der Waals surface area contributed by atoms with E-state index in [0.29, 0.717) is 30.4 Å². The third-order valence-electron chi connectivity index (χ3n) is 4.62. The summed E-state index contributed by atoms with van der Waals surface area (Å²) >= 11 is 0. The largest absolute Gasteiger partial charge is 0.416 e. The summed E-state index contributed by atoms with van der Waals surface area (Å²) in [6, 6.07) is 7.84. The summed E-state index contributed by atoms with van der Waals surface area (Å²) in [5.41, 5.74) is 1.93. The lowest BCUT2D eigenvalue weighted by molar-refractivity contribution is -0.137. The standard InChI is InChI=1S/C20H15F4N3O/c21-16-8-12(7-15(9-16)20(22,23)24)5-13-6-14(11-25-10-13)17-1-2-18-19(28)26-3-4-27(17)18/h1-2,6-11H,3-5H2,(H,26,28). The maximum atomic E-state index is 13.6. The molecule has 0 spiro atoms. The van der Waals surface area contributed by atoms with Gasteiger partial charge in [-0.25, -0.2) is 4.39 Å². The van der Waals surface area contributed by atoms with Crippen LogP contribution in [-0.4, -0.2) is 22.0 Å². The number of nitrogens with zero attached hydrogens (tertiary/aromatic N) is 2. The zero-order valence-corrected chi connectivity index (χ0v) is 14.6. The maximum Gasteiger partial charge on any atom is 0.416 e. The van der Waals surface area contributed by atoms with Crippen molar-refractivity contribution in [2.75, 3.05) is 6.54 Å². The zero-order valence-electron chi connectivity index (χ0n) is 14.6. The van der Waals surface area contributed by atoms with Crippen molar-refractivity contribution in [3.63, 3.8) is 0 Å². The van der Waals surface area contributed by atoms with E-state index in [4.69, 9.17) is 0 Å². The molecule has 1 aliphatic heterocycles. The number of hydrogen-bond donors (Lipinski definition) is 1. The lowest BCUT2D eigenvalue weighted by Gasteiger charge is -2.18. The molecule has 4 nitrogen and oxygen atoms in total. The molecule has 0 saturated carbocycles. The molecule has 0 fully saturated rings. The summed E-state index contributed by atoms with van der Waals surface area (Å²) in [7, 11) is 0. The third-order valence-corrected chi connectivity index (χ3v) is 4.62. The summed E-state index contributed by atoms with van der Waals surface area (Å²) in [4.78, 5) is 16.1. The van der Waals surface area contributed by atoms with Crippen molar-refractivity contribution in [2.24, 2.45) is 0 Å². The van der Waals surface area contributed by atoms with E-state index < -0.39 is 17.6 Å². The summed E-state index contributed by atoms with van der Waals surface area (Å²) in [6.07, 6.45) is -1.34. The average molecular weight is 389 g/mol. The van der Waals surface area contributed by atoms with Crippen LogP contribution in [0.3, 0.4) is 0 Å². The number of nitrogens with one attached hydrogen (secondary N) is 1. The normalized spacial score (nSPS) is 13.9. The Kier molecular flexibility index (Phi) is 4.41. The van der Waals surface area contributed by atoms with Gasteiger partial charge in [0.25, 0.3) is 5.91 Å². The van der Waals surface area contributed by atoms with Crippen LogP contribution in [0.15, 0.2) is 48.8 Å². The number of carbonyl (C=O) groups is 1. The third kappa shape index (κ3) is 3.49. The Balaban J connectivity index is 1.66. The monoisotopic (exact) mass is 389 g/mol. The molecule has 28 heavy (non-hydrogen) atoms. The lowest BCUT2D eigenvalue weighted by atomic mass is 10.0. The van der Waals surface area contributed by atoms with Crippen LogP contribution in [0.5, 0.6) is 0 Å². The molecule has 3 heterocycles. The van der Waals surface area contributed by atoms with Crippen molar-refractivity contribution >= 4 is 5.91 Å². The number of amides is 1. The minimum absolute atomic E-state index is 0.107. The first-order valence-electron chi connectivity index (χ1n) is 8.60. The highest BCUT2D eigenvalue weighted by Gasteiger charge is 2.31. The molecule has 0 atom stereocenters. The van der Waals surface area contributed by atoms with Crippen molar-refractivity contribution in [2.45, 2.75) is 19.1 Å². The van der Waals surface area contributed by atoms with Gasteiger partial charge in [-0.1, -0.05) is 0 Å². The molecular formula is C20H15F4N3O. The van der Waals surface area contributed by atoms with Gasteiger partial charge >= 0.3 is 6.18 Å². The van der Waals surface area contributed by atoms with E-state index in [1.165, 1.54) is 6.20 Å². The van der Waals surface area contributed by atoms with Crippen molar-refractivity contribution in [3.8, 4) is 11.3 Å². The highest BCUT2D eigenvalue weighted by Crippen LogP contribution is 2.31. The number of benzene rings is 1. The fourth-order valence-electron chi connectivity index (χ4n) is 3.41. The van der Waals surface area contributed by atoms with E-state index in [1.807, 2.05) is 10.6 Å². The van der Waals surface area contributed by atoms with Crippen LogP contribution in [0.2, 0.25) is 0 Å². The second-order valence-corrected chi connectivity index (χ2v) is 6.62. The molecule has 1 aliphatic rings. The molecule has 0 bridgehead atoms. The van der Waals surface area contributed by atoms with Crippen LogP contribution in [0.4, 0.5) is 17.6 Å². The summed E-state index contributed by atoms with van der Waals surface area (Å²) in [6.45, 7) is 1.14. The number of alkyl halides is 3. The van der Waals surface area contributed by atoms with Gasteiger partial charge in [-0.15, -0.1) is 0 Å². The first-order valence-corrected chi connectivity index (χ1v) is 8.60. The second kappa shape index (κ2) is 6.78. The minimum atomic E-state index is -4.61. The summed E-state index contributed by atoms with van der Waals surface area (Å²) < 4.78 is 54.3. The second-order valence-electron chi connectivity index (χ2n) is 6.62. The molecule has 0 aliphatic carbocycles. The summed E-state index contributed by atoms with van der Waals surface area (Å²) in [5.74, 6) is -1.08. The molecule has 1 N–H and O–H groups in total. The zero-order chi connectivity index (χ0) is 19.9. The van der Waals surface area contributed by atoms with Gasteiger partial charge in [0, 0.05) is 31.0 Å². The van der Waals surface area contributed by atoms with Crippen LogP contribution < -0.4 is 5.32 Å². The molecule has 0 unspecified atom stereocenters. The smallest absolute Gasteiger partial charge is 0.349 e. The first-order chi connectivity index (χ1) is 13.3. The molecule has 0 radical (unpaired) electrons. The lowest BCUT2D eigenvalue weighted by Crippen LogP contribution is -2.35. The van der Waals surface area contributed by atoms with E-state index in [9.17, 15) is 22.4 Å². The van der Waals surface area contributed by atoms with E-state index in [-0.39, 0.29) is 17.9 Å². The summed E-state index contributed by atoms with van der Waals surface area (Å²) in [5, 5.41) is 2.77. The Hall–Kier alpha value is -3.16. The van der Waals surface area contributed by atoms with Gasteiger partial charge in [0.05, 0.1) is 11.3 Å². The van der Waals surface area contributed by atoms with Gasteiger partial charge in [0.15, 0.2) is 0 Å². The maximum absolute atomic E-state index is 13.6. The van der Waals surface area contributed by atoms with E-state index in [1.54, 1.807) is 18.3 Å². The van der Waals surface area contributed by atoms with Crippen LogP contribution >= 0.6 is 0 Å². The quantitative estimate of drug-likeness (QED) is 0.688. The molecule has 1 aromatic carbocycles. The van der Waals surface area contributed by atoms with Gasteiger partial charge in [0.2, 0.25) is 0 Å². The van der Waals surface area contributed by atoms with Crippen molar-refractivity contribution in [1.82, 2.24) is 14.9 Å². The van der Waals surface area contributed by atoms with Gasteiger partial charge in [-0.2, -0.15) is 13.2 Å². The first kappa shape index (κ1) is 18.2. The number of carbonyl (C=O) groups excluding carboxylic acids is 1. The predicted octanol–water partition coefficient (Wildman–Crippen LogP) is 4.04. The average Bonchev–Trinajstić information content (AvgIpc) is 3.06. The van der Waals surface area contributed by atoms with E-state index in [2.05, 4.69) is 10.3 Å². The number of aromatic nitrogens is 2. The highest BCUT2D eigenvalue weighted by molar-refractivity contribution is 5.94. The Morgan fingerprint density at radius 2 is 1.82 bits per heavy atom. The van der Waals surface area contributed by atoms with Crippen molar-refractivity contribution in [1.29, 1.82) is 0 Å². The number of pyridine rings is 1. The Morgan fingerprint density at radius 1 is 1.04 bits per heavy atom. The molecule has 1 amide bonds. The Labute approximate surface area is 157 Å². The Morgan fingerprint density at radius 3 is 2.61 bits per heavy atom. The van der Waals surface area contributed by atoms with Gasteiger partial charge in [0.1, 0.15) is 11.5 Å². The van der Waals surface area contributed by atoms with Crippen LogP contribution in [0.1, 0.15) is 27.2 Å². The fraction of sp³-hybridized carbons (Fsp3) is 0.200. The van der Waals surface area contributed by atoms with E-state index >= 15 is 0 Å². The van der Waals surface area contributed by atoms with Crippen molar-refractivity contribution in [3.05, 3.63) is 77.0 Å². The number of fused-ring (bicyclic) bond motifs is 1. The van der Waals surface area contributed by atoms with Crippen LogP contribution in [0.25, 0.3) is 11.3 Å². The van der Waals surface area contributed by atoms with Crippen LogP contribution in [-0.2, 0) is 19.1 Å². The highest BCUT2D eigenvalue weighted by atomic mass is 19.4. The number of hydrogen-bond acceptors (Lipinski definition) is 2. The molecule has 144 valence electrons. The van der Waals surface area contributed by atoms with Gasteiger partial charge < -0.3 is 9.88 Å². The topological polar surface area (TPSA) is 46.9 Å². The molecule has 2 aromatic heterocycles. The molecule has 4 rings (SSSR count). The molecule has 0 saturated heterocycles. The van der Waals surface area contributed by atoms with Gasteiger partial charge in [-0.05, 0) is 53.9 Å².